The van der Waals surface area contributed by atoms with E-state index in [0.717, 1.165) is 22.1 Å². The summed E-state index contributed by atoms with van der Waals surface area (Å²) in [5.41, 5.74) is 3.81. The number of aryl methyl sites for hydroxylation is 1. The van der Waals surface area contributed by atoms with E-state index in [0.29, 0.717) is 6.04 Å². The predicted molar refractivity (Wildman–Crippen MR) is 80.2 cm³/mol. The maximum Gasteiger partial charge on any atom is 0.124 e. The first-order valence-electron chi connectivity index (χ1n) is 6.03. The Balaban J connectivity index is 1.86. The molecule has 18 heavy (non-hydrogen) atoms. The number of benzene rings is 2. The molecule has 92 valence electrons. The van der Waals surface area contributed by atoms with E-state index in [-0.39, 0.29) is 5.82 Å². The van der Waals surface area contributed by atoms with E-state index < -0.39 is 0 Å². The highest BCUT2D eigenvalue weighted by Crippen LogP contribution is 2.34. The zero-order valence-corrected chi connectivity index (χ0v) is 11.9. The number of hydrogen-bond donors (Lipinski definition) is 1. The number of fused-ring (bicyclic) bond motifs is 1. The number of hydrogen-bond acceptors (Lipinski definition) is 1. The number of anilines is 1. The van der Waals surface area contributed by atoms with Gasteiger partial charge in [0.25, 0.3) is 0 Å². The highest BCUT2D eigenvalue weighted by atomic mass is 127. The molecule has 1 nitrogen and oxygen atoms in total. The van der Waals surface area contributed by atoms with Gasteiger partial charge in [0.1, 0.15) is 5.82 Å². The Bertz CT molecular complexity index is 582. The van der Waals surface area contributed by atoms with Crippen molar-refractivity contribution in [1.82, 2.24) is 0 Å². The minimum absolute atomic E-state index is 0.184. The molecule has 2 aromatic rings. The van der Waals surface area contributed by atoms with Crippen LogP contribution in [0, 0.1) is 9.39 Å². The molecule has 0 aromatic heterocycles. The minimum Gasteiger partial charge on any atom is -0.377 e. The lowest BCUT2D eigenvalue weighted by molar-refractivity contribution is 0.626. The average Bonchev–Trinajstić information content (AvgIpc) is 2.76. The van der Waals surface area contributed by atoms with E-state index in [4.69, 9.17) is 0 Å². The molecule has 1 aliphatic carbocycles. The van der Waals surface area contributed by atoms with Crippen LogP contribution in [0.2, 0.25) is 0 Å². The molecule has 0 spiro atoms. The van der Waals surface area contributed by atoms with E-state index >= 15 is 0 Å². The van der Waals surface area contributed by atoms with Crippen LogP contribution in [0.5, 0.6) is 0 Å². The largest absolute Gasteiger partial charge is 0.377 e. The minimum atomic E-state index is -0.184. The maximum absolute atomic E-state index is 13.1. The number of nitrogens with one attached hydrogen (secondary N) is 1. The van der Waals surface area contributed by atoms with Crippen molar-refractivity contribution >= 4 is 28.3 Å². The van der Waals surface area contributed by atoms with E-state index in [9.17, 15) is 4.39 Å². The highest BCUT2D eigenvalue weighted by Gasteiger charge is 2.22. The normalized spacial score (nSPS) is 17.6. The third-order valence-electron chi connectivity index (χ3n) is 3.39. The third kappa shape index (κ3) is 2.23. The van der Waals surface area contributed by atoms with E-state index in [1.54, 1.807) is 6.07 Å². The molecule has 0 amide bonds. The fourth-order valence-corrected chi connectivity index (χ4v) is 3.13. The summed E-state index contributed by atoms with van der Waals surface area (Å²) in [5.74, 6) is -0.184. The van der Waals surface area contributed by atoms with Crippen molar-refractivity contribution in [3.05, 3.63) is 63.0 Å². The number of rotatable bonds is 2. The fraction of sp³-hybridized carbons (Fsp3) is 0.200. The molecule has 0 saturated carbocycles. The number of halogens is 2. The summed E-state index contributed by atoms with van der Waals surface area (Å²) in [4.78, 5) is 0. The van der Waals surface area contributed by atoms with E-state index in [1.165, 1.54) is 17.2 Å². The van der Waals surface area contributed by atoms with Gasteiger partial charge in [-0.1, -0.05) is 24.3 Å². The Morgan fingerprint density at radius 3 is 2.83 bits per heavy atom. The fourth-order valence-electron chi connectivity index (χ4n) is 2.50. The molecule has 1 aliphatic rings. The second-order valence-electron chi connectivity index (χ2n) is 4.56. The lowest BCUT2D eigenvalue weighted by atomic mass is 10.1. The molecular weight excluding hydrogens is 340 g/mol. The predicted octanol–water partition coefficient (Wildman–Crippen LogP) is 4.53. The van der Waals surface area contributed by atoms with Crippen molar-refractivity contribution in [2.24, 2.45) is 0 Å². The van der Waals surface area contributed by atoms with Crippen LogP contribution in [-0.2, 0) is 6.42 Å². The Labute approximate surface area is 120 Å². The Morgan fingerprint density at radius 1 is 1.17 bits per heavy atom. The smallest absolute Gasteiger partial charge is 0.124 e. The van der Waals surface area contributed by atoms with Crippen LogP contribution in [0.4, 0.5) is 10.1 Å². The zero-order chi connectivity index (χ0) is 12.5. The molecule has 1 unspecified atom stereocenters. The summed E-state index contributed by atoms with van der Waals surface area (Å²) in [6, 6.07) is 13.8. The lowest BCUT2D eigenvalue weighted by Gasteiger charge is -2.16. The van der Waals surface area contributed by atoms with Gasteiger partial charge in [0.05, 0.1) is 6.04 Å². The maximum atomic E-state index is 13.1. The summed E-state index contributed by atoms with van der Waals surface area (Å²) in [6.07, 6.45) is 2.22. The van der Waals surface area contributed by atoms with Crippen LogP contribution in [0.15, 0.2) is 42.5 Å². The summed E-state index contributed by atoms with van der Waals surface area (Å²) >= 11 is 2.17. The topological polar surface area (TPSA) is 12.0 Å². The second-order valence-corrected chi connectivity index (χ2v) is 5.72. The molecule has 3 heteroatoms. The summed E-state index contributed by atoms with van der Waals surface area (Å²) in [6.45, 7) is 0. The summed E-state index contributed by atoms with van der Waals surface area (Å²) in [7, 11) is 0. The summed E-state index contributed by atoms with van der Waals surface area (Å²) in [5, 5.41) is 3.52. The van der Waals surface area contributed by atoms with Gasteiger partial charge < -0.3 is 5.32 Å². The van der Waals surface area contributed by atoms with Crippen LogP contribution < -0.4 is 5.32 Å². The first kappa shape index (κ1) is 12.0. The Hall–Kier alpha value is -1.10. The van der Waals surface area contributed by atoms with Crippen LogP contribution >= 0.6 is 22.6 Å². The van der Waals surface area contributed by atoms with E-state index in [2.05, 4.69) is 52.2 Å². The van der Waals surface area contributed by atoms with Crippen molar-refractivity contribution < 1.29 is 4.39 Å². The van der Waals surface area contributed by atoms with Gasteiger partial charge in [-0.2, -0.15) is 0 Å². The molecule has 0 bridgehead atoms. The standard InChI is InChI=1S/C15H13FIN/c16-11-6-8-15(13(17)9-11)18-14-7-5-10-3-1-2-4-12(10)14/h1-4,6,8-9,14,18H,5,7H2. The Kier molecular flexibility index (Phi) is 3.24. The molecule has 1 atom stereocenters. The van der Waals surface area contributed by atoms with Gasteiger partial charge in [0, 0.05) is 9.26 Å². The molecule has 0 heterocycles. The highest BCUT2D eigenvalue weighted by molar-refractivity contribution is 14.1. The van der Waals surface area contributed by atoms with Gasteiger partial charge in [-0.05, 0) is 64.8 Å². The van der Waals surface area contributed by atoms with Crippen molar-refractivity contribution in [3.8, 4) is 0 Å². The average molecular weight is 353 g/mol. The van der Waals surface area contributed by atoms with Crippen molar-refractivity contribution in [1.29, 1.82) is 0 Å². The molecule has 0 fully saturated rings. The molecule has 2 aromatic carbocycles. The zero-order valence-electron chi connectivity index (χ0n) is 9.79. The third-order valence-corrected chi connectivity index (χ3v) is 4.29. The summed E-state index contributed by atoms with van der Waals surface area (Å²) < 4.78 is 14.0. The van der Waals surface area contributed by atoms with Crippen LogP contribution in [0.25, 0.3) is 0 Å². The first-order valence-corrected chi connectivity index (χ1v) is 7.11. The lowest BCUT2D eigenvalue weighted by Crippen LogP contribution is -2.08. The molecule has 1 N–H and O–H groups in total. The van der Waals surface area contributed by atoms with Crippen LogP contribution in [0.1, 0.15) is 23.6 Å². The van der Waals surface area contributed by atoms with Crippen LogP contribution in [-0.4, -0.2) is 0 Å². The van der Waals surface area contributed by atoms with Crippen molar-refractivity contribution in [3.63, 3.8) is 0 Å². The van der Waals surface area contributed by atoms with E-state index in [1.807, 2.05) is 6.07 Å². The first-order chi connectivity index (χ1) is 8.74. The monoisotopic (exact) mass is 353 g/mol. The van der Waals surface area contributed by atoms with Gasteiger partial charge in [0.2, 0.25) is 0 Å². The van der Waals surface area contributed by atoms with Gasteiger partial charge in [-0.15, -0.1) is 0 Å². The van der Waals surface area contributed by atoms with Gasteiger partial charge in [0.15, 0.2) is 0 Å². The quantitative estimate of drug-likeness (QED) is 0.783. The van der Waals surface area contributed by atoms with Gasteiger partial charge in [-0.25, -0.2) is 4.39 Å². The van der Waals surface area contributed by atoms with Gasteiger partial charge >= 0.3 is 0 Å². The SMILES string of the molecule is Fc1ccc(NC2CCc3ccccc32)c(I)c1. The second kappa shape index (κ2) is 4.88. The molecule has 0 saturated heterocycles. The molecule has 0 aliphatic heterocycles. The molecule has 3 rings (SSSR count). The Morgan fingerprint density at radius 2 is 2.00 bits per heavy atom. The van der Waals surface area contributed by atoms with Crippen molar-refractivity contribution in [2.75, 3.05) is 5.32 Å². The van der Waals surface area contributed by atoms with Crippen LogP contribution in [0.3, 0.4) is 0 Å². The molecular formula is C15H13FIN. The van der Waals surface area contributed by atoms with Gasteiger partial charge in [-0.3, -0.25) is 0 Å². The van der Waals surface area contributed by atoms with Crippen molar-refractivity contribution in [2.45, 2.75) is 18.9 Å². The molecule has 0 radical (unpaired) electrons.